The molecule has 0 fully saturated rings. The summed E-state index contributed by atoms with van der Waals surface area (Å²) < 4.78 is 5.43. The van der Waals surface area contributed by atoms with Crippen molar-refractivity contribution in [1.29, 1.82) is 0 Å². The third-order valence-electron chi connectivity index (χ3n) is 10.4. The normalized spacial score (nSPS) is 12.0. The lowest BCUT2D eigenvalue weighted by Crippen LogP contribution is -1.91. The molecule has 0 atom stereocenters. The summed E-state index contributed by atoms with van der Waals surface area (Å²) in [5.74, 6) is 0. The topological polar surface area (TPSA) is 0 Å². The highest BCUT2D eigenvalue weighted by Crippen LogP contribution is 2.48. The van der Waals surface area contributed by atoms with Crippen LogP contribution in [0.4, 0.5) is 0 Å². The number of rotatable bonds is 3. The predicted octanol–water partition coefficient (Wildman–Crippen LogP) is 14.9. The molecule has 2 aromatic heterocycles. The van der Waals surface area contributed by atoms with Gasteiger partial charge < -0.3 is 0 Å². The zero-order valence-corrected chi connectivity index (χ0v) is 28.6. The van der Waals surface area contributed by atoms with Crippen molar-refractivity contribution in [2.24, 2.45) is 0 Å². The van der Waals surface area contributed by atoms with E-state index >= 15 is 0 Å². The molecule has 0 aliphatic heterocycles. The first-order valence-corrected chi connectivity index (χ1v) is 18.7. The minimum Gasteiger partial charge on any atom is -0.135 e. The molecule has 0 radical (unpaired) electrons. The summed E-state index contributed by atoms with van der Waals surface area (Å²) >= 11 is 3.83. The lowest BCUT2D eigenvalue weighted by Gasteiger charge is -2.18. The molecule has 0 saturated heterocycles. The summed E-state index contributed by atoms with van der Waals surface area (Å²) in [5.41, 5.74) is 7.56. The molecule has 11 aromatic rings. The molecule has 11 rings (SSSR count). The Morgan fingerprint density at radius 2 is 0.820 bits per heavy atom. The molecule has 0 saturated carbocycles. The molecule has 0 aliphatic carbocycles. The van der Waals surface area contributed by atoms with E-state index in [-0.39, 0.29) is 0 Å². The fourth-order valence-corrected chi connectivity index (χ4v) is 10.6. The summed E-state index contributed by atoms with van der Waals surface area (Å²) in [6, 6.07) is 62.9. The second-order valence-electron chi connectivity index (χ2n) is 13.2. The average Bonchev–Trinajstić information content (AvgIpc) is 3.75. The molecule has 0 unspecified atom stereocenters. The van der Waals surface area contributed by atoms with Crippen molar-refractivity contribution in [2.75, 3.05) is 0 Å². The van der Waals surface area contributed by atoms with Crippen LogP contribution in [-0.2, 0) is 0 Å². The van der Waals surface area contributed by atoms with Gasteiger partial charge in [0.15, 0.2) is 0 Å². The van der Waals surface area contributed by atoms with E-state index in [1.807, 2.05) is 22.7 Å². The van der Waals surface area contributed by atoms with E-state index in [4.69, 9.17) is 0 Å². The molecule has 0 amide bonds. The van der Waals surface area contributed by atoms with Crippen molar-refractivity contribution < 1.29 is 0 Å². The van der Waals surface area contributed by atoms with Crippen LogP contribution in [0.3, 0.4) is 0 Å². The molecule has 50 heavy (non-hydrogen) atoms. The van der Waals surface area contributed by atoms with E-state index in [0.717, 1.165) is 0 Å². The van der Waals surface area contributed by atoms with Gasteiger partial charge in [-0.1, -0.05) is 146 Å². The molecular weight excluding hydrogens is 641 g/mol. The Hall–Kier alpha value is -5.80. The van der Waals surface area contributed by atoms with Gasteiger partial charge in [-0.3, -0.25) is 0 Å². The average molecular weight is 669 g/mol. The Kier molecular flexibility index (Phi) is 6.09. The Balaban J connectivity index is 1.10. The van der Waals surface area contributed by atoms with E-state index in [0.29, 0.717) is 0 Å². The van der Waals surface area contributed by atoms with Crippen molar-refractivity contribution >= 4 is 95.3 Å². The van der Waals surface area contributed by atoms with Crippen LogP contribution in [0.25, 0.3) is 106 Å². The largest absolute Gasteiger partial charge is 0.135 e. The van der Waals surface area contributed by atoms with Gasteiger partial charge in [-0.15, -0.1) is 22.7 Å². The molecule has 0 N–H and O–H groups in total. The summed E-state index contributed by atoms with van der Waals surface area (Å²) in [6.07, 6.45) is 0. The van der Waals surface area contributed by atoms with Crippen LogP contribution in [0, 0.1) is 0 Å². The first-order chi connectivity index (χ1) is 24.8. The van der Waals surface area contributed by atoms with Crippen LogP contribution < -0.4 is 0 Å². The zero-order chi connectivity index (χ0) is 32.8. The van der Waals surface area contributed by atoms with E-state index < -0.39 is 0 Å². The number of fused-ring (bicyclic) bond motifs is 11. The maximum Gasteiger partial charge on any atom is 0.0434 e. The summed E-state index contributed by atoms with van der Waals surface area (Å²) in [5, 5.41) is 13.3. The number of benzene rings is 9. The first kappa shape index (κ1) is 28.1. The highest BCUT2D eigenvalue weighted by atomic mass is 32.1. The maximum absolute atomic E-state index is 2.41. The monoisotopic (exact) mass is 668 g/mol. The maximum atomic E-state index is 2.41. The Morgan fingerprint density at radius 1 is 0.280 bits per heavy atom. The SMILES string of the molecule is c1ccc(-c2c3ccccc3c(-c3cccc(-c4ccc5c(c4)sc4ccc6sc7c8ccccc8ccc7c6c45)c3)c3ccccc23)cc1. The lowest BCUT2D eigenvalue weighted by atomic mass is 9.85. The van der Waals surface area contributed by atoms with Gasteiger partial charge in [0.1, 0.15) is 0 Å². The molecule has 9 aromatic carbocycles. The van der Waals surface area contributed by atoms with Crippen molar-refractivity contribution in [1.82, 2.24) is 0 Å². The van der Waals surface area contributed by atoms with Crippen molar-refractivity contribution in [3.8, 4) is 33.4 Å². The van der Waals surface area contributed by atoms with Gasteiger partial charge in [0, 0.05) is 40.3 Å². The minimum atomic E-state index is 1.24. The number of thiophene rings is 2. The van der Waals surface area contributed by atoms with Crippen LogP contribution in [-0.4, -0.2) is 0 Å². The van der Waals surface area contributed by atoms with Gasteiger partial charge in [-0.25, -0.2) is 0 Å². The third-order valence-corrected chi connectivity index (χ3v) is 12.8. The standard InChI is InChI=1S/C48H28S2/c1-2-12-30(13-3-1)44-35-17-6-8-19-37(35)45(38-20-9-7-18-36(38)44)33-15-10-14-31(27-33)32-22-23-39-43(28-32)49-41-25-26-42-47(46(39)41)40-24-21-29-11-4-5-16-34(29)48(40)50-42/h1-28H. The molecule has 0 spiro atoms. The van der Waals surface area contributed by atoms with Gasteiger partial charge in [-0.2, -0.15) is 0 Å². The Labute approximate surface area is 297 Å². The van der Waals surface area contributed by atoms with Crippen molar-refractivity contribution in [3.05, 3.63) is 170 Å². The summed E-state index contributed by atoms with van der Waals surface area (Å²) in [4.78, 5) is 0. The van der Waals surface area contributed by atoms with E-state index in [2.05, 4.69) is 170 Å². The molecule has 0 aliphatic rings. The molecule has 0 bridgehead atoms. The number of hydrogen-bond acceptors (Lipinski definition) is 2. The minimum absolute atomic E-state index is 1.24. The predicted molar refractivity (Wildman–Crippen MR) is 221 cm³/mol. The number of hydrogen-bond donors (Lipinski definition) is 0. The summed E-state index contributed by atoms with van der Waals surface area (Å²) in [6.45, 7) is 0. The van der Waals surface area contributed by atoms with Crippen LogP contribution in [0.5, 0.6) is 0 Å². The first-order valence-electron chi connectivity index (χ1n) is 17.1. The van der Waals surface area contributed by atoms with Crippen molar-refractivity contribution in [2.45, 2.75) is 0 Å². The summed E-state index contributed by atoms with van der Waals surface area (Å²) in [7, 11) is 0. The fraction of sp³-hybridized carbons (Fsp3) is 0. The van der Waals surface area contributed by atoms with Crippen LogP contribution in [0.2, 0.25) is 0 Å². The smallest absolute Gasteiger partial charge is 0.0434 e. The molecule has 2 heteroatoms. The zero-order valence-electron chi connectivity index (χ0n) is 27.0. The van der Waals surface area contributed by atoms with Gasteiger partial charge in [0.25, 0.3) is 0 Å². The second-order valence-corrected chi connectivity index (χ2v) is 15.3. The quantitative estimate of drug-likeness (QED) is 0.164. The Morgan fingerprint density at radius 3 is 1.56 bits per heavy atom. The third kappa shape index (κ3) is 4.10. The molecule has 0 nitrogen and oxygen atoms in total. The second kappa shape index (κ2) is 10.9. The highest BCUT2D eigenvalue weighted by molar-refractivity contribution is 7.28. The Bertz CT molecular complexity index is 3080. The van der Waals surface area contributed by atoms with Crippen molar-refractivity contribution in [3.63, 3.8) is 0 Å². The molecule has 2 heterocycles. The van der Waals surface area contributed by atoms with Crippen LogP contribution >= 0.6 is 22.7 Å². The molecular formula is C48H28S2. The van der Waals surface area contributed by atoms with Gasteiger partial charge in [0.05, 0.1) is 0 Å². The van der Waals surface area contributed by atoms with Crippen LogP contribution in [0.15, 0.2) is 170 Å². The lowest BCUT2D eigenvalue weighted by molar-refractivity contribution is 1.63. The highest BCUT2D eigenvalue weighted by Gasteiger charge is 2.18. The fourth-order valence-electron chi connectivity index (χ4n) is 8.25. The van der Waals surface area contributed by atoms with E-state index in [1.54, 1.807) is 0 Å². The van der Waals surface area contributed by atoms with Gasteiger partial charge in [0.2, 0.25) is 0 Å². The van der Waals surface area contributed by atoms with Gasteiger partial charge >= 0.3 is 0 Å². The van der Waals surface area contributed by atoms with Gasteiger partial charge in [-0.05, 0) is 90.0 Å². The van der Waals surface area contributed by atoms with E-state index in [9.17, 15) is 0 Å². The molecule has 232 valence electrons. The van der Waals surface area contributed by atoms with Crippen LogP contribution in [0.1, 0.15) is 0 Å². The van der Waals surface area contributed by atoms with E-state index in [1.165, 1.54) is 106 Å².